The molecule has 2 aromatic carbocycles. The van der Waals surface area contributed by atoms with E-state index in [0.717, 1.165) is 12.1 Å². The van der Waals surface area contributed by atoms with E-state index in [4.69, 9.17) is 4.74 Å². The van der Waals surface area contributed by atoms with Crippen molar-refractivity contribution in [3.8, 4) is 5.75 Å². The largest absolute Gasteiger partial charge is 0.497 e. The zero-order valence-electron chi connectivity index (χ0n) is 13.0. The molecule has 0 fully saturated rings. The molecule has 0 aliphatic rings. The Bertz CT molecular complexity index is 694. The standard InChI is InChI=1S/C17H14F6OS/c1-24-14-4-2-3-12(9-14)15(17(21,22)23)25-10-11-5-7-13(8-6-11)16(18,19)20/h2-9,15H,10H2,1H3/t15-/m1/s1. The van der Waals surface area contributed by atoms with Gasteiger partial charge in [-0.3, -0.25) is 0 Å². The van der Waals surface area contributed by atoms with Crippen LogP contribution in [0.25, 0.3) is 0 Å². The van der Waals surface area contributed by atoms with Crippen molar-refractivity contribution in [2.75, 3.05) is 7.11 Å². The summed E-state index contributed by atoms with van der Waals surface area (Å²) in [4.78, 5) is 0. The number of methoxy groups -OCH3 is 1. The van der Waals surface area contributed by atoms with Gasteiger partial charge in [-0.25, -0.2) is 0 Å². The van der Waals surface area contributed by atoms with Gasteiger partial charge in [0.1, 0.15) is 11.0 Å². The Labute approximate surface area is 145 Å². The summed E-state index contributed by atoms with van der Waals surface area (Å²) in [7, 11) is 1.36. The number of rotatable bonds is 5. The molecule has 0 amide bonds. The minimum atomic E-state index is -4.50. The van der Waals surface area contributed by atoms with Crippen molar-refractivity contribution in [2.45, 2.75) is 23.4 Å². The summed E-state index contributed by atoms with van der Waals surface area (Å²) < 4.78 is 82.6. The molecule has 0 aliphatic heterocycles. The first-order chi connectivity index (χ1) is 11.6. The third-order valence-corrected chi connectivity index (χ3v) is 4.76. The zero-order chi connectivity index (χ0) is 18.7. The van der Waals surface area contributed by atoms with E-state index in [1.54, 1.807) is 0 Å². The molecule has 0 N–H and O–H groups in total. The molecular formula is C17H14F6OS. The van der Waals surface area contributed by atoms with Crippen molar-refractivity contribution in [3.05, 3.63) is 65.2 Å². The van der Waals surface area contributed by atoms with Crippen molar-refractivity contribution in [1.82, 2.24) is 0 Å². The summed E-state index contributed by atoms with van der Waals surface area (Å²) in [6, 6.07) is 9.76. The summed E-state index contributed by atoms with van der Waals surface area (Å²) in [6.45, 7) is 0. The lowest BCUT2D eigenvalue weighted by Crippen LogP contribution is -2.18. The lowest BCUT2D eigenvalue weighted by atomic mass is 10.1. The van der Waals surface area contributed by atoms with Gasteiger partial charge >= 0.3 is 12.4 Å². The molecule has 2 aromatic rings. The highest BCUT2D eigenvalue weighted by Gasteiger charge is 2.41. The molecule has 1 atom stereocenters. The molecule has 136 valence electrons. The molecule has 2 rings (SSSR count). The smallest absolute Gasteiger partial charge is 0.416 e. The first-order valence-corrected chi connectivity index (χ1v) is 8.14. The van der Waals surface area contributed by atoms with Gasteiger partial charge in [0.15, 0.2) is 0 Å². The molecule has 0 saturated carbocycles. The number of hydrogen-bond acceptors (Lipinski definition) is 2. The monoisotopic (exact) mass is 380 g/mol. The van der Waals surface area contributed by atoms with Crippen LogP contribution in [0.15, 0.2) is 48.5 Å². The second-order valence-electron chi connectivity index (χ2n) is 5.20. The van der Waals surface area contributed by atoms with Crippen molar-refractivity contribution in [2.24, 2.45) is 0 Å². The highest BCUT2D eigenvalue weighted by atomic mass is 32.2. The number of alkyl halides is 6. The van der Waals surface area contributed by atoms with E-state index in [1.807, 2.05) is 0 Å². The summed E-state index contributed by atoms with van der Waals surface area (Å²) in [5, 5.41) is -1.80. The number of thioether (sulfide) groups is 1. The number of halogens is 6. The van der Waals surface area contributed by atoms with Gasteiger partial charge in [0, 0.05) is 5.75 Å². The molecule has 0 spiro atoms. The minimum absolute atomic E-state index is 0.0313. The van der Waals surface area contributed by atoms with E-state index in [9.17, 15) is 26.3 Å². The molecule has 25 heavy (non-hydrogen) atoms. The quantitative estimate of drug-likeness (QED) is 0.567. The number of ether oxygens (including phenoxy) is 1. The van der Waals surface area contributed by atoms with Gasteiger partial charge in [-0.1, -0.05) is 24.3 Å². The molecule has 0 unspecified atom stereocenters. The van der Waals surface area contributed by atoms with Crippen LogP contribution >= 0.6 is 11.8 Å². The molecule has 0 saturated heterocycles. The Balaban J connectivity index is 2.15. The maximum atomic E-state index is 13.4. The van der Waals surface area contributed by atoms with E-state index in [2.05, 4.69) is 0 Å². The van der Waals surface area contributed by atoms with Gasteiger partial charge in [-0.05, 0) is 35.4 Å². The lowest BCUT2D eigenvalue weighted by Gasteiger charge is -2.21. The van der Waals surface area contributed by atoms with Gasteiger partial charge in [0.2, 0.25) is 0 Å². The summed E-state index contributed by atoms with van der Waals surface area (Å²) in [5.41, 5.74) is -0.416. The second-order valence-corrected chi connectivity index (χ2v) is 6.30. The molecule has 0 aromatic heterocycles. The molecule has 0 aliphatic carbocycles. The van der Waals surface area contributed by atoms with E-state index in [-0.39, 0.29) is 11.3 Å². The summed E-state index contributed by atoms with van der Waals surface area (Å²) in [6.07, 6.45) is -8.97. The first kappa shape index (κ1) is 19.5. The second kappa shape index (κ2) is 7.59. The Hall–Kier alpha value is -1.83. The number of benzene rings is 2. The van der Waals surface area contributed by atoms with Crippen molar-refractivity contribution < 1.29 is 31.1 Å². The minimum Gasteiger partial charge on any atom is -0.497 e. The Kier molecular flexibility index (Phi) is 5.92. The van der Waals surface area contributed by atoms with Gasteiger partial charge in [-0.2, -0.15) is 26.3 Å². The average molecular weight is 380 g/mol. The van der Waals surface area contributed by atoms with Gasteiger partial charge < -0.3 is 4.74 Å². The first-order valence-electron chi connectivity index (χ1n) is 7.09. The third-order valence-electron chi connectivity index (χ3n) is 3.39. The predicted molar refractivity (Wildman–Crippen MR) is 84.5 cm³/mol. The predicted octanol–water partition coefficient (Wildman–Crippen LogP) is 6.25. The molecule has 0 heterocycles. The van der Waals surface area contributed by atoms with Gasteiger partial charge in [0.05, 0.1) is 12.7 Å². The maximum Gasteiger partial charge on any atom is 0.416 e. The average Bonchev–Trinajstić information content (AvgIpc) is 2.53. The zero-order valence-corrected chi connectivity index (χ0v) is 13.8. The molecule has 1 nitrogen and oxygen atoms in total. The normalized spacial score (nSPS) is 13.6. The van der Waals surface area contributed by atoms with Crippen LogP contribution in [0.3, 0.4) is 0 Å². The summed E-state index contributed by atoms with van der Waals surface area (Å²) in [5.74, 6) is 0.237. The fourth-order valence-corrected chi connectivity index (χ4v) is 3.23. The van der Waals surface area contributed by atoms with Crippen LogP contribution in [0.2, 0.25) is 0 Å². The van der Waals surface area contributed by atoms with Crippen LogP contribution in [0, 0.1) is 0 Å². The fraction of sp³-hybridized carbons (Fsp3) is 0.294. The van der Waals surface area contributed by atoms with E-state index < -0.39 is 23.2 Å². The Morgan fingerprint density at radius 1 is 0.960 bits per heavy atom. The molecule has 0 radical (unpaired) electrons. The van der Waals surface area contributed by atoms with Crippen LogP contribution in [-0.2, 0) is 11.9 Å². The van der Waals surface area contributed by atoms with Crippen LogP contribution in [0.4, 0.5) is 26.3 Å². The lowest BCUT2D eigenvalue weighted by molar-refractivity contribution is -0.137. The Morgan fingerprint density at radius 3 is 2.12 bits per heavy atom. The van der Waals surface area contributed by atoms with E-state index >= 15 is 0 Å². The maximum absolute atomic E-state index is 13.4. The molecular weight excluding hydrogens is 366 g/mol. The van der Waals surface area contributed by atoms with E-state index in [0.29, 0.717) is 23.1 Å². The third kappa shape index (κ3) is 5.32. The SMILES string of the molecule is COc1cccc([C@@H](SCc2ccc(C(F)(F)F)cc2)C(F)(F)F)c1. The van der Waals surface area contributed by atoms with Gasteiger partial charge in [0.25, 0.3) is 0 Å². The van der Waals surface area contributed by atoms with E-state index in [1.165, 1.54) is 43.5 Å². The highest BCUT2D eigenvalue weighted by molar-refractivity contribution is 7.98. The molecule has 8 heteroatoms. The van der Waals surface area contributed by atoms with Crippen LogP contribution < -0.4 is 4.74 Å². The fourth-order valence-electron chi connectivity index (χ4n) is 2.15. The summed E-state index contributed by atoms with van der Waals surface area (Å²) >= 11 is 0.605. The van der Waals surface area contributed by atoms with Crippen molar-refractivity contribution >= 4 is 11.8 Å². The van der Waals surface area contributed by atoms with Crippen LogP contribution in [0.5, 0.6) is 5.75 Å². The molecule has 0 bridgehead atoms. The number of hydrogen-bond donors (Lipinski definition) is 0. The van der Waals surface area contributed by atoms with Crippen LogP contribution in [0.1, 0.15) is 21.9 Å². The van der Waals surface area contributed by atoms with Crippen molar-refractivity contribution in [3.63, 3.8) is 0 Å². The van der Waals surface area contributed by atoms with Crippen molar-refractivity contribution in [1.29, 1.82) is 0 Å². The topological polar surface area (TPSA) is 9.23 Å². The van der Waals surface area contributed by atoms with Gasteiger partial charge in [-0.15, -0.1) is 11.8 Å². The highest BCUT2D eigenvalue weighted by Crippen LogP contribution is 2.45. The Morgan fingerprint density at radius 2 is 1.60 bits per heavy atom. The van der Waals surface area contributed by atoms with Crippen LogP contribution in [-0.4, -0.2) is 13.3 Å².